The highest BCUT2D eigenvalue weighted by Crippen LogP contribution is 2.25. The molecule has 1 atom stereocenters. The van der Waals surface area contributed by atoms with E-state index in [9.17, 15) is 4.79 Å². The molecule has 1 aliphatic heterocycles. The number of rotatable bonds is 2. The Morgan fingerprint density at radius 2 is 2.42 bits per heavy atom. The van der Waals surface area contributed by atoms with Crippen LogP contribution in [0.1, 0.15) is 13.3 Å². The molecule has 19 heavy (non-hydrogen) atoms. The Kier molecular flexibility index (Phi) is 2.69. The zero-order valence-electron chi connectivity index (χ0n) is 10.6. The van der Waals surface area contributed by atoms with Crippen LogP contribution in [-0.2, 0) is 4.79 Å². The molecule has 0 saturated carbocycles. The molecule has 0 radical (unpaired) electrons. The number of hydrogen-bond donors (Lipinski definition) is 3. The van der Waals surface area contributed by atoms with Crippen LogP contribution in [0.15, 0.2) is 6.33 Å². The van der Waals surface area contributed by atoms with Crippen LogP contribution in [-0.4, -0.2) is 45.0 Å². The zero-order valence-corrected chi connectivity index (χ0v) is 10.6. The van der Waals surface area contributed by atoms with E-state index in [-0.39, 0.29) is 17.9 Å². The normalized spacial score (nSPS) is 19.0. The highest BCUT2D eigenvalue weighted by molar-refractivity contribution is 5.84. The maximum atomic E-state index is 11.1. The fourth-order valence-corrected chi connectivity index (χ4v) is 2.42. The number of hydrogen-bond acceptors (Lipinski definition) is 6. The van der Waals surface area contributed by atoms with Crippen LogP contribution in [0.4, 0.5) is 11.8 Å². The number of aromatic nitrogens is 4. The van der Waals surface area contributed by atoms with Crippen molar-refractivity contribution in [1.82, 2.24) is 25.3 Å². The Labute approximate surface area is 109 Å². The van der Waals surface area contributed by atoms with Gasteiger partial charge in [-0.15, -0.1) is 0 Å². The Morgan fingerprint density at radius 1 is 1.58 bits per heavy atom. The molecule has 8 nitrogen and oxygen atoms in total. The molecule has 3 rings (SSSR count). The lowest BCUT2D eigenvalue weighted by Gasteiger charge is -2.18. The third-order valence-corrected chi connectivity index (χ3v) is 3.18. The molecule has 2 aromatic rings. The van der Waals surface area contributed by atoms with Crippen molar-refractivity contribution in [2.45, 2.75) is 19.4 Å². The average molecular weight is 261 g/mol. The minimum absolute atomic E-state index is 0.0132. The number of fused-ring (bicyclic) bond motifs is 1. The van der Waals surface area contributed by atoms with Gasteiger partial charge in [0, 0.05) is 26.1 Å². The summed E-state index contributed by atoms with van der Waals surface area (Å²) in [7, 11) is 0. The summed E-state index contributed by atoms with van der Waals surface area (Å²) in [5, 5.41) is 2.92. The largest absolute Gasteiger partial charge is 0.368 e. The predicted octanol–water partition coefficient (Wildman–Crippen LogP) is -0.350. The molecule has 0 bridgehead atoms. The fourth-order valence-electron chi connectivity index (χ4n) is 2.42. The molecule has 0 aliphatic carbocycles. The van der Waals surface area contributed by atoms with Crippen LogP contribution in [0, 0.1) is 0 Å². The monoisotopic (exact) mass is 261 g/mol. The Morgan fingerprint density at radius 3 is 3.21 bits per heavy atom. The van der Waals surface area contributed by atoms with Crippen molar-refractivity contribution < 1.29 is 4.79 Å². The lowest BCUT2D eigenvalue weighted by atomic mass is 10.3. The summed E-state index contributed by atoms with van der Waals surface area (Å²) in [6, 6.07) is 0.145. The van der Waals surface area contributed by atoms with Crippen LogP contribution >= 0.6 is 0 Å². The molecule has 100 valence electrons. The van der Waals surface area contributed by atoms with Gasteiger partial charge in [-0.1, -0.05) is 0 Å². The first-order chi connectivity index (χ1) is 9.13. The van der Waals surface area contributed by atoms with Gasteiger partial charge >= 0.3 is 0 Å². The number of carbonyl (C=O) groups excluding carboxylic acids is 1. The van der Waals surface area contributed by atoms with E-state index in [2.05, 4.69) is 30.2 Å². The van der Waals surface area contributed by atoms with Gasteiger partial charge in [0.05, 0.1) is 6.33 Å². The van der Waals surface area contributed by atoms with Crippen molar-refractivity contribution in [3.8, 4) is 0 Å². The minimum Gasteiger partial charge on any atom is -0.368 e. The van der Waals surface area contributed by atoms with E-state index in [4.69, 9.17) is 5.73 Å². The van der Waals surface area contributed by atoms with E-state index in [0.29, 0.717) is 12.2 Å². The summed E-state index contributed by atoms with van der Waals surface area (Å²) in [5.41, 5.74) is 7.03. The van der Waals surface area contributed by atoms with Gasteiger partial charge in [0.15, 0.2) is 11.5 Å². The highest BCUT2D eigenvalue weighted by atomic mass is 16.1. The minimum atomic E-state index is -0.0132. The number of nitrogens with two attached hydrogens (primary N) is 1. The summed E-state index contributed by atoms with van der Waals surface area (Å²) in [4.78, 5) is 28.6. The van der Waals surface area contributed by atoms with E-state index < -0.39 is 0 Å². The Bertz CT molecular complexity index is 623. The molecule has 0 spiro atoms. The number of aromatic amines is 1. The maximum absolute atomic E-state index is 11.1. The maximum Gasteiger partial charge on any atom is 0.224 e. The summed E-state index contributed by atoms with van der Waals surface area (Å²) in [6.45, 7) is 3.05. The molecule has 3 heterocycles. The number of nitrogen functional groups attached to an aromatic ring is 1. The van der Waals surface area contributed by atoms with Gasteiger partial charge < -0.3 is 20.9 Å². The molecule has 1 unspecified atom stereocenters. The van der Waals surface area contributed by atoms with Crippen molar-refractivity contribution in [1.29, 1.82) is 0 Å². The van der Waals surface area contributed by atoms with Gasteiger partial charge in [-0.05, 0) is 6.42 Å². The van der Waals surface area contributed by atoms with E-state index in [1.165, 1.54) is 6.92 Å². The summed E-state index contributed by atoms with van der Waals surface area (Å²) in [5.74, 6) is 0.936. The number of H-pyrrole nitrogens is 1. The molecule has 2 aromatic heterocycles. The predicted molar refractivity (Wildman–Crippen MR) is 70.5 cm³/mol. The van der Waals surface area contributed by atoms with E-state index in [0.717, 1.165) is 24.3 Å². The second kappa shape index (κ2) is 4.38. The molecule has 1 amide bonds. The first kappa shape index (κ1) is 11.7. The topological polar surface area (TPSA) is 113 Å². The summed E-state index contributed by atoms with van der Waals surface area (Å²) in [6.07, 6.45) is 2.46. The first-order valence-electron chi connectivity index (χ1n) is 6.12. The van der Waals surface area contributed by atoms with Crippen molar-refractivity contribution in [3.63, 3.8) is 0 Å². The van der Waals surface area contributed by atoms with Crippen molar-refractivity contribution in [3.05, 3.63) is 6.33 Å². The van der Waals surface area contributed by atoms with E-state index in [1.807, 2.05) is 0 Å². The van der Waals surface area contributed by atoms with Gasteiger partial charge in [-0.25, -0.2) is 4.98 Å². The number of amides is 1. The third kappa shape index (κ3) is 2.16. The molecule has 1 saturated heterocycles. The van der Waals surface area contributed by atoms with E-state index >= 15 is 0 Å². The van der Waals surface area contributed by atoms with Gasteiger partial charge in [0.25, 0.3) is 0 Å². The average Bonchev–Trinajstić information content (AvgIpc) is 2.95. The van der Waals surface area contributed by atoms with Gasteiger partial charge in [0.1, 0.15) is 5.52 Å². The Hall–Kier alpha value is -2.38. The summed E-state index contributed by atoms with van der Waals surface area (Å²) < 4.78 is 0. The highest BCUT2D eigenvalue weighted by Gasteiger charge is 2.26. The van der Waals surface area contributed by atoms with Crippen molar-refractivity contribution in [2.24, 2.45) is 0 Å². The summed E-state index contributed by atoms with van der Waals surface area (Å²) >= 11 is 0. The fraction of sp³-hybridized carbons (Fsp3) is 0.455. The van der Waals surface area contributed by atoms with Crippen LogP contribution in [0.2, 0.25) is 0 Å². The molecule has 1 fully saturated rings. The first-order valence-corrected chi connectivity index (χ1v) is 6.12. The van der Waals surface area contributed by atoms with Crippen LogP contribution < -0.4 is 16.0 Å². The molecule has 8 heteroatoms. The molecular formula is C11H15N7O. The van der Waals surface area contributed by atoms with Gasteiger partial charge in [-0.2, -0.15) is 9.97 Å². The van der Waals surface area contributed by atoms with Crippen molar-refractivity contribution >= 4 is 28.8 Å². The zero-order chi connectivity index (χ0) is 13.4. The molecular weight excluding hydrogens is 246 g/mol. The van der Waals surface area contributed by atoms with E-state index in [1.54, 1.807) is 6.33 Å². The van der Waals surface area contributed by atoms with Gasteiger partial charge in [0.2, 0.25) is 11.9 Å². The quantitative estimate of drug-likeness (QED) is 0.681. The van der Waals surface area contributed by atoms with Crippen LogP contribution in [0.25, 0.3) is 11.2 Å². The van der Waals surface area contributed by atoms with Crippen LogP contribution in [0.3, 0.4) is 0 Å². The number of carbonyl (C=O) groups is 1. The third-order valence-electron chi connectivity index (χ3n) is 3.18. The second-order valence-corrected chi connectivity index (χ2v) is 4.64. The number of nitrogens with one attached hydrogen (secondary N) is 2. The standard InChI is InChI=1S/C11H15N7O/c1-6(19)15-7-2-3-18(4-7)10-8-9(14-5-13-8)16-11(12)17-10/h5,7H,2-4H2,1H3,(H,15,19)(H3,12,13,14,16,17). The van der Waals surface area contributed by atoms with Crippen LogP contribution in [0.5, 0.6) is 0 Å². The number of imidazole rings is 1. The lowest BCUT2D eigenvalue weighted by molar-refractivity contribution is -0.119. The Balaban J connectivity index is 1.89. The number of nitrogens with zero attached hydrogens (tertiary/aromatic N) is 4. The van der Waals surface area contributed by atoms with Crippen molar-refractivity contribution in [2.75, 3.05) is 23.7 Å². The lowest BCUT2D eigenvalue weighted by Crippen LogP contribution is -2.35. The smallest absolute Gasteiger partial charge is 0.224 e. The molecule has 0 aromatic carbocycles. The molecule has 4 N–H and O–H groups in total. The SMILES string of the molecule is CC(=O)NC1CCN(c2nc(N)nc3nc[nH]c23)C1. The number of anilines is 2. The molecule has 1 aliphatic rings. The van der Waals surface area contributed by atoms with Gasteiger partial charge in [-0.3, -0.25) is 4.79 Å². The second-order valence-electron chi connectivity index (χ2n) is 4.64.